The van der Waals surface area contributed by atoms with E-state index in [0.717, 1.165) is 71.4 Å². The maximum atomic E-state index is 13.7. The molecule has 2 heterocycles. The van der Waals surface area contributed by atoms with Crippen molar-refractivity contribution in [1.82, 2.24) is 20.0 Å². The quantitative estimate of drug-likeness (QED) is 0.620. The van der Waals surface area contributed by atoms with Crippen molar-refractivity contribution in [3.8, 4) is 0 Å². The van der Waals surface area contributed by atoms with Gasteiger partial charge in [-0.1, -0.05) is 60.2 Å². The molecule has 0 aromatic heterocycles. The number of nitrogens with one attached hydrogen (secondary N) is 1. The van der Waals surface area contributed by atoms with Gasteiger partial charge in [-0.05, 0) is 56.7 Å². The molecule has 2 amide bonds. The van der Waals surface area contributed by atoms with Crippen LogP contribution in [-0.4, -0.2) is 77.9 Å². The van der Waals surface area contributed by atoms with E-state index in [9.17, 15) is 9.59 Å². The summed E-state index contributed by atoms with van der Waals surface area (Å²) in [5.41, 5.74) is 3.86. The molecule has 3 aliphatic rings. The number of aryl methyl sites for hydroxylation is 1. The van der Waals surface area contributed by atoms with Gasteiger partial charge in [-0.25, -0.2) is 0 Å². The van der Waals surface area contributed by atoms with Gasteiger partial charge in [-0.2, -0.15) is 0 Å². The monoisotopic (exact) mass is 488 g/mol. The van der Waals surface area contributed by atoms with E-state index < -0.39 is 0 Å². The van der Waals surface area contributed by atoms with Crippen LogP contribution in [-0.2, 0) is 22.6 Å². The van der Waals surface area contributed by atoms with E-state index in [1.54, 1.807) is 0 Å². The van der Waals surface area contributed by atoms with Crippen LogP contribution >= 0.6 is 0 Å². The van der Waals surface area contributed by atoms with Crippen LogP contribution in [0.15, 0.2) is 54.6 Å². The Morgan fingerprint density at radius 1 is 0.944 bits per heavy atom. The van der Waals surface area contributed by atoms with Crippen molar-refractivity contribution in [2.24, 2.45) is 5.92 Å². The van der Waals surface area contributed by atoms with Crippen LogP contribution in [0.5, 0.6) is 0 Å². The van der Waals surface area contributed by atoms with Crippen molar-refractivity contribution < 1.29 is 9.59 Å². The Labute approximate surface area is 215 Å². The Balaban J connectivity index is 1.36. The van der Waals surface area contributed by atoms with Crippen LogP contribution in [0.3, 0.4) is 0 Å². The number of hydrogen-bond donors (Lipinski definition) is 1. The summed E-state index contributed by atoms with van der Waals surface area (Å²) >= 11 is 0. The molecule has 2 atom stereocenters. The molecule has 0 bridgehead atoms. The van der Waals surface area contributed by atoms with Crippen molar-refractivity contribution in [2.45, 2.75) is 57.7 Å². The molecule has 36 heavy (non-hydrogen) atoms. The number of nitrogens with zero attached hydrogens (tertiary/aromatic N) is 3. The fourth-order valence-electron chi connectivity index (χ4n) is 5.63. The van der Waals surface area contributed by atoms with Gasteiger partial charge < -0.3 is 15.1 Å². The van der Waals surface area contributed by atoms with Gasteiger partial charge in [0, 0.05) is 51.2 Å². The molecular weight excluding hydrogens is 448 g/mol. The molecule has 2 aromatic rings. The maximum Gasteiger partial charge on any atom is 0.245 e. The summed E-state index contributed by atoms with van der Waals surface area (Å²) in [4.78, 5) is 33.5. The zero-order chi connectivity index (χ0) is 24.9. The lowest BCUT2D eigenvalue weighted by molar-refractivity contribution is -0.144. The van der Waals surface area contributed by atoms with Gasteiger partial charge in [-0.3, -0.25) is 14.5 Å². The predicted octanol–water partition coefficient (Wildman–Crippen LogP) is 3.24. The highest BCUT2D eigenvalue weighted by molar-refractivity contribution is 5.90. The third-order valence-corrected chi connectivity index (χ3v) is 7.98. The lowest BCUT2D eigenvalue weighted by Gasteiger charge is -2.29. The Hall–Kier alpha value is -2.70. The van der Waals surface area contributed by atoms with E-state index >= 15 is 0 Å². The smallest absolute Gasteiger partial charge is 0.245 e. The average Bonchev–Trinajstić information content (AvgIpc) is 3.71. The van der Waals surface area contributed by atoms with Crippen molar-refractivity contribution >= 4 is 11.8 Å². The lowest BCUT2D eigenvalue weighted by atomic mass is 10.1. The second-order valence-corrected chi connectivity index (χ2v) is 10.8. The molecule has 192 valence electrons. The lowest BCUT2D eigenvalue weighted by Crippen LogP contribution is -2.49. The van der Waals surface area contributed by atoms with E-state index in [2.05, 4.69) is 71.7 Å². The SMILES string of the molecule is Cc1ccc(CN(CCc2ccccc2)C2CC(C(=O)N3CCCNCC3)N(C(=O)C3CC3)C2)cc1. The highest BCUT2D eigenvalue weighted by Crippen LogP contribution is 2.35. The predicted molar refractivity (Wildman–Crippen MR) is 142 cm³/mol. The van der Waals surface area contributed by atoms with Gasteiger partial charge in [0.15, 0.2) is 0 Å². The minimum atomic E-state index is -0.335. The van der Waals surface area contributed by atoms with Crippen LogP contribution in [0.4, 0.5) is 0 Å². The van der Waals surface area contributed by atoms with Gasteiger partial charge in [-0.15, -0.1) is 0 Å². The molecule has 6 nitrogen and oxygen atoms in total. The summed E-state index contributed by atoms with van der Waals surface area (Å²) < 4.78 is 0. The van der Waals surface area contributed by atoms with E-state index in [4.69, 9.17) is 0 Å². The van der Waals surface area contributed by atoms with Crippen molar-refractivity contribution in [2.75, 3.05) is 39.3 Å². The summed E-state index contributed by atoms with van der Waals surface area (Å²) in [7, 11) is 0. The van der Waals surface area contributed by atoms with Crippen LogP contribution in [0.25, 0.3) is 0 Å². The summed E-state index contributed by atoms with van der Waals surface area (Å²) in [5, 5.41) is 3.39. The van der Waals surface area contributed by atoms with Gasteiger partial charge >= 0.3 is 0 Å². The Kier molecular flexibility index (Phi) is 8.02. The van der Waals surface area contributed by atoms with Crippen molar-refractivity contribution in [1.29, 1.82) is 0 Å². The Morgan fingerprint density at radius 3 is 2.47 bits per heavy atom. The summed E-state index contributed by atoms with van der Waals surface area (Å²) in [6.07, 6.45) is 4.58. The second-order valence-electron chi connectivity index (χ2n) is 10.8. The van der Waals surface area contributed by atoms with E-state index in [-0.39, 0.29) is 29.8 Å². The molecule has 2 aliphatic heterocycles. The first kappa shape index (κ1) is 25.0. The van der Waals surface area contributed by atoms with E-state index in [0.29, 0.717) is 6.54 Å². The first-order valence-electron chi connectivity index (χ1n) is 13.7. The minimum Gasteiger partial charge on any atom is -0.340 e. The number of benzene rings is 2. The van der Waals surface area contributed by atoms with Crippen LogP contribution in [0.2, 0.25) is 0 Å². The molecule has 0 radical (unpaired) electrons. The highest BCUT2D eigenvalue weighted by Gasteiger charge is 2.46. The molecule has 2 unspecified atom stereocenters. The van der Waals surface area contributed by atoms with Gasteiger partial charge in [0.25, 0.3) is 0 Å². The van der Waals surface area contributed by atoms with Crippen LogP contribution in [0, 0.1) is 12.8 Å². The Bertz CT molecular complexity index is 1010. The number of carbonyl (C=O) groups is 2. The molecule has 1 saturated carbocycles. The zero-order valence-corrected chi connectivity index (χ0v) is 21.6. The van der Waals surface area contributed by atoms with Crippen molar-refractivity contribution in [3.63, 3.8) is 0 Å². The maximum absolute atomic E-state index is 13.7. The largest absolute Gasteiger partial charge is 0.340 e. The molecule has 0 spiro atoms. The zero-order valence-electron chi connectivity index (χ0n) is 21.6. The fraction of sp³-hybridized carbons (Fsp3) is 0.533. The summed E-state index contributed by atoms with van der Waals surface area (Å²) in [6, 6.07) is 19.2. The fourth-order valence-corrected chi connectivity index (χ4v) is 5.63. The minimum absolute atomic E-state index is 0.125. The summed E-state index contributed by atoms with van der Waals surface area (Å²) in [6.45, 7) is 7.79. The van der Waals surface area contributed by atoms with Crippen LogP contribution in [0.1, 0.15) is 42.4 Å². The number of likely N-dealkylation sites (tertiary alicyclic amines) is 1. The first-order chi connectivity index (χ1) is 17.6. The first-order valence-corrected chi connectivity index (χ1v) is 13.7. The molecule has 2 aromatic carbocycles. The average molecular weight is 489 g/mol. The molecule has 1 N–H and O–H groups in total. The third kappa shape index (κ3) is 6.16. The molecule has 6 heteroatoms. The highest BCUT2D eigenvalue weighted by atomic mass is 16.2. The number of hydrogen-bond acceptors (Lipinski definition) is 4. The second kappa shape index (κ2) is 11.6. The number of amides is 2. The molecular formula is C30H40N4O2. The van der Waals surface area contributed by atoms with Crippen LogP contribution < -0.4 is 5.32 Å². The standard InChI is InChI=1S/C30H40N4O2/c1-23-8-10-25(11-9-23)21-33(18-14-24-6-3-2-4-7-24)27-20-28(34(22-27)29(35)26-12-13-26)30(36)32-17-5-15-31-16-19-32/h2-4,6-11,26-28,31H,5,12-22H2,1H3. The normalized spacial score (nSPS) is 22.6. The topological polar surface area (TPSA) is 55.9 Å². The molecule has 1 aliphatic carbocycles. The van der Waals surface area contributed by atoms with Crippen molar-refractivity contribution in [3.05, 3.63) is 71.3 Å². The number of carbonyl (C=O) groups excluding carboxylic acids is 2. The third-order valence-electron chi connectivity index (χ3n) is 7.98. The van der Waals surface area contributed by atoms with Gasteiger partial charge in [0.2, 0.25) is 11.8 Å². The van der Waals surface area contributed by atoms with E-state index in [1.165, 1.54) is 16.7 Å². The molecule has 2 saturated heterocycles. The molecule has 3 fully saturated rings. The summed E-state index contributed by atoms with van der Waals surface area (Å²) in [5.74, 6) is 0.468. The molecule has 5 rings (SSSR count). The van der Waals surface area contributed by atoms with E-state index in [1.807, 2.05) is 9.80 Å². The van der Waals surface area contributed by atoms with Gasteiger partial charge in [0.05, 0.1) is 0 Å². The Morgan fingerprint density at radius 2 is 1.72 bits per heavy atom. The number of rotatable bonds is 8. The van der Waals surface area contributed by atoms with Gasteiger partial charge in [0.1, 0.15) is 6.04 Å².